The lowest BCUT2D eigenvalue weighted by Crippen LogP contribution is -2.49. The minimum absolute atomic E-state index is 0.00581. The van der Waals surface area contributed by atoms with E-state index in [2.05, 4.69) is 0 Å². The van der Waals surface area contributed by atoms with Crippen molar-refractivity contribution in [1.29, 1.82) is 0 Å². The highest BCUT2D eigenvalue weighted by Gasteiger charge is 2.36. The lowest BCUT2D eigenvalue weighted by molar-refractivity contribution is 0.0525. The quantitative estimate of drug-likeness (QED) is 0.461. The lowest BCUT2D eigenvalue weighted by Gasteiger charge is -2.29. The molecule has 20 heavy (non-hydrogen) atoms. The van der Waals surface area contributed by atoms with Gasteiger partial charge in [-0.2, -0.15) is 0 Å². The molecular weight excluding hydrogens is 274 g/mol. The fraction of sp³-hybridized carbons (Fsp3) is 1.00. The zero-order chi connectivity index (χ0) is 15.6. The molecule has 0 aliphatic carbocycles. The highest BCUT2D eigenvalue weighted by Crippen LogP contribution is 2.12. The van der Waals surface area contributed by atoms with E-state index >= 15 is 0 Å². The van der Waals surface area contributed by atoms with E-state index in [0.717, 1.165) is 19.3 Å². The molecule has 0 aromatic rings. The molecule has 0 heterocycles. The third-order valence-electron chi connectivity index (χ3n) is 3.25. The summed E-state index contributed by atoms with van der Waals surface area (Å²) >= 11 is 0. The molecule has 0 rings (SSSR count). The average molecular weight is 308 g/mol. The van der Waals surface area contributed by atoms with Crippen LogP contribution in [0.25, 0.3) is 0 Å². The zero-order valence-electron chi connectivity index (χ0n) is 13.4. The molecule has 0 saturated heterocycles. The van der Waals surface area contributed by atoms with Gasteiger partial charge in [0.05, 0.1) is 19.8 Å². The van der Waals surface area contributed by atoms with E-state index in [4.69, 9.17) is 30.5 Å². The van der Waals surface area contributed by atoms with Gasteiger partial charge < -0.3 is 30.5 Å². The molecule has 3 unspecified atom stereocenters. The first-order valence-corrected chi connectivity index (χ1v) is 9.77. The van der Waals surface area contributed by atoms with Crippen LogP contribution in [0.3, 0.4) is 0 Å². The van der Waals surface area contributed by atoms with Crippen molar-refractivity contribution in [1.82, 2.24) is 0 Å². The highest BCUT2D eigenvalue weighted by atomic mass is 28.4. The van der Waals surface area contributed by atoms with Crippen molar-refractivity contribution in [2.45, 2.75) is 64.7 Å². The Kier molecular flexibility index (Phi) is 10.7. The number of hydrogen-bond donors (Lipinski definition) is 3. The molecule has 0 aliphatic rings. The minimum Gasteiger partial charge on any atom is -0.372 e. The SMILES string of the molecule is CCC(N)CO[Si](C)(OCC(N)CC)OCC(N)CC. The third-order valence-corrected chi connectivity index (χ3v) is 5.33. The first kappa shape index (κ1) is 20.0. The summed E-state index contributed by atoms with van der Waals surface area (Å²) in [5.74, 6) is 0. The predicted octanol–water partition coefficient (Wildman–Crippen LogP) is 0.817. The van der Waals surface area contributed by atoms with E-state index in [1.54, 1.807) is 0 Å². The maximum absolute atomic E-state index is 5.88. The molecule has 6 nitrogen and oxygen atoms in total. The molecule has 0 aliphatic heterocycles. The van der Waals surface area contributed by atoms with E-state index in [9.17, 15) is 0 Å². The van der Waals surface area contributed by atoms with Crippen LogP contribution in [-0.2, 0) is 13.3 Å². The third kappa shape index (κ3) is 9.01. The van der Waals surface area contributed by atoms with Crippen LogP contribution in [0, 0.1) is 0 Å². The van der Waals surface area contributed by atoms with Crippen LogP contribution in [0.1, 0.15) is 40.0 Å². The van der Waals surface area contributed by atoms with Crippen LogP contribution in [0.2, 0.25) is 6.55 Å². The first-order valence-electron chi connectivity index (χ1n) is 7.55. The topological polar surface area (TPSA) is 106 Å². The Hall–Kier alpha value is -0.0231. The van der Waals surface area contributed by atoms with Gasteiger partial charge in [0.1, 0.15) is 0 Å². The van der Waals surface area contributed by atoms with E-state index in [1.807, 2.05) is 27.3 Å². The van der Waals surface area contributed by atoms with Crippen molar-refractivity contribution in [3.63, 3.8) is 0 Å². The maximum Gasteiger partial charge on any atom is 0.497 e. The Labute approximate surface area is 124 Å². The summed E-state index contributed by atoms with van der Waals surface area (Å²) in [4.78, 5) is 0. The molecule has 0 amide bonds. The van der Waals surface area contributed by atoms with Crippen molar-refractivity contribution in [2.75, 3.05) is 19.8 Å². The second-order valence-corrected chi connectivity index (χ2v) is 7.89. The molecule has 6 N–H and O–H groups in total. The van der Waals surface area contributed by atoms with Crippen molar-refractivity contribution >= 4 is 8.80 Å². The molecule has 0 bridgehead atoms. The van der Waals surface area contributed by atoms with E-state index in [-0.39, 0.29) is 18.1 Å². The van der Waals surface area contributed by atoms with E-state index in [1.165, 1.54) is 0 Å². The Morgan fingerprint density at radius 3 is 1.15 bits per heavy atom. The van der Waals surface area contributed by atoms with Crippen LogP contribution >= 0.6 is 0 Å². The fourth-order valence-corrected chi connectivity index (χ4v) is 3.05. The average Bonchev–Trinajstić information content (AvgIpc) is 2.47. The lowest BCUT2D eigenvalue weighted by atomic mass is 10.3. The summed E-state index contributed by atoms with van der Waals surface area (Å²) in [6, 6.07) is -0.0174. The molecule has 0 radical (unpaired) electrons. The Bertz CT molecular complexity index is 211. The van der Waals surface area contributed by atoms with Crippen LogP contribution in [0.5, 0.6) is 0 Å². The summed E-state index contributed by atoms with van der Waals surface area (Å²) in [5, 5.41) is 0. The second-order valence-electron chi connectivity index (χ2n) is 5.30. The minimum atomic E-state index is -2.73. The molecule has 0 spiro atoms. The molecule has 0 fully saturated rings. The van der Waals surface area contributed by atoms with Gasteiger partial charge in [-0.3, -0.25) is 0 Å². The van der Waals surface area contributed by atoms with Gasteiger partial charge in [0.15, 0.2) is 0 Å². The Morgan fingerprint density at radius 2 is 0.950 bits per heavy atom. The molecular formula is C13H33N3O3Si. The van der Waals surface area contributed by atoms with Gasteiger partial charge in [-0.25, -0.2) is 0 Å². The largest absolute Gasteiger partial charge is 0.497 e. The van der Waals surface area contributed by atoms with Gasteiger partial charge in [-0.05, 0) is 19.3 Å². The summed E-state index contributed by atoms with van der Waals surface area (Å²) in [5.41, 5.74) is 17.6. The van der Waals surface area contributed by atoms with Gasteiger partial charge in [0.25, 0.3) is 0 Å². The molecule has 3 atom stereocenters. The predicted molar refractivity (Wildman–Crippen MR) is 84.3 cm³/mol. The smallest absolute Gasteiger partial charge is 0.372 e. The fourth-order valence-electron chi connectivity index (χ4n) is 1.25. The van der Waals surface area contributed by atoms with Gasteiger partial charge in [0.2, 0.25) is 0 Å². The summed E-state index contributed by atoms with van der Waals surface area (Å²) < 4.78 is 17.5. The van der Waals surface area contributed by atoms with Crippen molar-refractivity contribution in [3.8, 4) is 0 Å². The van der Waals surface area contributed by atoms with E-state index < -0.39 is 8.80 Å². The van der Waals surface area contributed by atoms with Crippen molar-refractivity contribution in [3.05, 3.63) is 0 Å². The van der Waals surface area contributed by atoms with Gasteiger partial charge in [-0.1, -0.05) is 20.8 Å². The van der Waals surface area contributed by atoms with E-state index in [0.29, 0.717) is 19.8 Å². The standard InChI is InChI=1S/C13H33N3O3Si/c1-5-11(14)8-17-20(4,18-9-12(15)6-2)19-10-13(16)7-3/h11-13H,5-10,14-16H2,1-4H3. The normalized spacial score (nSPS) is 19.4. The van der Waals surface area contributed by atoms with Crippen molar-refractivity contribution < 1.29 is 13.3 Å². The molecule has 0 saturated carbocycles. The van der Waals surface area contributed by atoms with Crippen LogP contribution in [0.4, 0.5) is 0 Å². The Balaban J connectivity index is 4.40. The van der Waals surface area contributed by atoms with Gasteiger partial charge in [-0.15, -0.1) is 0 Å². The summed E-state index contributed by atoms with van der Waals surface area (Å²) in [6.45, 7) is 9.24. The van der Waals surface area contributed by atoms with Crippen LogP contribution in [0.15, 0.2) is 0 Å². The van der Waals surface area contributed by atoms with Crippen LogP contribution in [-0.4, -0.2) is 46.8 Å². The Morgan fingerprint density at radius 1 is 0.700 bits per heavy atom. The van der Waals surface area contributed by atoms with Gasteiger partial charge >= 0.3 is 8.80 Å². The summed E-state index contributed by atoms with van der Waals surface area (Å²) in [6.07, 6.45) is 2.56. The number of nitrogens with two attached hydrogens (primary N) is 3. The zero-order valence-corrected chi connectivity index (χ0v) is 14.4. The molecule has 7 heteroatoms. The molecule has 122 valence electrons. The summed E-state index contributed by atoms with van der Waals surface area (Å²) in [7, 11) is -2.73. The monoisotopic (exact) mass is 307 g/mol. The second kappa shape index (κ2) is 10.7. The van der Waals surface area contributed by atoms with Gasteiger partial charge in [0, 0.05) is 24.7 Å². The first-order chi connectivity index (χ1) is 9.36. The number of rotatable bonds is 12. The molecule has 0 aromatic heterocycles. The highest BCUT2D eigenvalue weighted by molar-refractivity contribution is 6.59. The number of hydrogen-bond acceptors (Lipinski definition) is 6. The maximum atomic E-state index is 5.88. The molecule has 0 aromatic carbocycles. The van der Waals surface area contributed by atoms with Crippen LogP contribution < -0.4 is 17.2 Å². The van der Waals surface area contributed by atoms with Crippen molar-refractivity contribution in [2.24, 2.45) is 17.2 Å².